The topological polar surface area (TPSA) is 57.4 Å². The zero-order valence-corrected chi connectivity index (χ0v) is 10.4. The van der Waals surface area contributed by atoms with Gasteiger partial charge in [-0.15, -0.1) is 0 Å². The van der Waals surface area contributed by atoms with Crippen LogP contribution in [0.15, 0.2) is 36.8 Å². The highest BCUT2D eigenvalue weighted by molar-refractivity contribution is 5.77. The molecule has 0 aliphatic heterocycles. The minimum atomic E-state index is 0.831. The van der Waals surface area contributed by atoms with E-state index in [9.17, 15) is 0 Å². The first-order valence-electron chi connectivity index (χ1n) is 5.86. The normalized spacial score (nSPS) is 10.8. The summed E-state index contributed by atoms with van der Waals surface area (Å²) in [6.07, 6.45) is 5.35. The Labute approximate surface area is 105 Å². The number of nitrogens with zero attached hydrogens (tertiary/aromatic N) is 2. The van der Waals surface area contributed by atoms with Crippen LogP contribution in [0.4, 0.5) is 0 Å². The van der Waals surface area contributed by atoms with Gasteiger partial charge in [-0.2, -0.15) is 5.10 Å². The maximum Gasteiger partial charge on any atom is 0.141 e. The van der Waals surface area contributed by atoms with Crippen LogP contribution in [0.1, 0.15) is 11.1 Å². The number of H-pyrrole nitrogens is 2. The van der Waals surface area contributed by atoms with Crippen LogP contribution in [0.25, 0.3) is 22.6 Å². The van der Waals surface area contributed by atoms with E-state index in [-0.39, 0.29) is 0 Å². The molecule has 1 aromatic carbocycles. The minimum Gasteiger partial charge on any atom is -0.345 e. The fourth-order valence-corrected chi connectivity index (χ4v) is 2.00. The van der Waals surface area contributed by atoms with Crippen LogP contribution in [0, 0.1) is 13.8 Å². The molecule has 0 atom stereocenters. The molecule has 2 aromatic heterocycles. The SMILES string of the molecule is Cc1ccc(-c2[nH]ncc2-c2ncc[nH]2)cc1C. The average molecular weight is 238 g/mol. The number of aryl methyl sites for hydroxylation is 2. The molecule has 3 rings (SSSR count). The number of benzene rings is 1. The Bertz CT molecular complexity index is 665. The van der Waals surface area contributed by atoms with Crippen molar-refractivity contribution in [2.24, 2.45) is 0 Å². The van der Waals surface area contributed by atoms with Crippen molar-refractivity contribution >= 4 is 0 Å². The molecule has 0 saturated carbocycles. The second-order valence-corrected chi connectivity index (χ2v) is 4.40. The van der Waals surface area contributed by atoms with Crippen molar-refractivity contribution in [2.75, 3.05) is 0 Å². The Balaban J connectivity index is 2.13. The van der Waals surface area contributed by atoms with Gasteiger partial charge in [0.15, 0.2) is 0 Å². The van der Waals surface area contributed by atoms with Gasteiger partial charge in [0, 0.05) is 18.0 Å². The van der Waals surface area contributed by atoms with Gasteiger partial charge in [-0.3, -0.25) is 5.10 Å². The lowest BCUT2D eigenvalue weighted by Crippen LogP contribution is -1.87. The highest BCUT2D eigenvalue weighted by Gasteiger charge is 2.11. The first kappa shape index (κ1) is 10.8. The highest BCUT2D eigenvalue weighted by atomic mass is 15.1. The summed E-state index contributed by atoms with van der Waals surface area (Å²) >= 11 is 0. The molecule has 0 bridgehead atoms. The maximum absolute atomic E-state index is 4.27. The summed E-state index contributed by atoms with van der Waals surface area (Å²) in [5.74, 6) is 0.831. The van der Waals surface area contributed by atoms with Crippen molar-refractivity contribution in [1.29, 1.82) is 0 Å². The summed E-state index contributed by atoms with van der Waals surface area (Å²) in [5, 5.41) is 7.17. The van der Waals surface area contributed by atoms with Crippen molar-refractivity contribution in [2.45, 2.75) is 13.8 Å². The number of hydrogen-bond donors (Lipinski definition) is 2. The molecule has 0 spiro atoms. The van der Waals surface area contributed by atoms with Crippen molar-refractivity contribution in [3.05, 3.63) is 47.9 Å². The summed E-state index contributed by atoms with van der Waals surface area (Å²) in [6.45, 7) is 4.22. The molecular weight excluding hydrogens is 224 g/mol. The second-order valence-electron chi connectivity index (χ2n) is 4.40. The Morgan fingerprint density at radius 3 is 2.72 bits per heavy atom. The van der Waals surface area contributed by atoms with Crippen LogP contribution < -0.4 is 0 Å². The van der Waals surface area contributed by atoms with E-state index in [4.69, 9.17) is 0 Å². The number of aromatic amines is 2. The molecule has 4 heteroatoms. The van der Waals surface area contributed by atoms with Gasteiger partial charge in [0.2, 0.25) is 0 Å². The summed E-state index contributed by atoms with van der Waals surface area (Å²) in [5.41, 5.74) is 5.67. The number of hydrogen-bond acceptors (Lipinski definition) is 2. The molecule has 2 heterocycles. The van der Waals surface area contributed by atoms with Gasteiger partial charge in [-0.25, -0.2) is 4.98 Å². The second kappa shape index (κ2) is 4.14. The predicted molar refractivity (Wildman–Crippen MR) is 71.1 cm³/mol. The fraction of sp³-hybridized carbons (Fsp3) is 0.143. The molecule has 2 N–H and O–H groups in total. The molecule has 0 unspecified atom stereocenters. The number of imidazole rings is 1. The van der Waals surface area contributed by atoms with Gasteiger partial charge >= 0.3 is 0 Å². The predicted octanol–water partition coefficient (Wildman–Crippen LogP) is 3.08. The first-order chi connectivity index (χ1) is 8.75. The molecule has 0 saturated heterocycles. The lowest BCUT2D eigenvalue weighted by molar-refractivity contribution is 1.09. The Morgan fingerprint density at radius 2 is 2.00 bits per heavy atom. The van der Waals surface area contributed by atoms with Crippen LogP contribution in [0.5, 0.6) is 0 Å². The number of aromatic nitrogens is 4. The van der Waals surface area contributed by atoms with Gasteiger partial charge in [0.1, 0.15) is 5.82 Å². The summed E-state index contributed by atoms with van der Waals surface area (Å²) in [7, 11) is 0. The number of rotatable bonds is 2. The van der Waals surface area contributed by atoms with E-state index >= 15 is 0 Å². The first-order valence-corrected chi connectivity index (χ1v) is 5.86. The van der Waals surface area contributed by atoms with Crippen LogP contribution >= 0.6 is 0 Å². The van der Waals surface area contributed by atoms with Crippen LogP contribution in [0.3, 0.4) is 0 Å². The third-order valence-corrected chi connectivity index (χ3v) is 3.19. The quantitative estimate of drug-likeness (QED) is 0.720. The van der Waals surface area contributed by atoms with E-state index in [1.807, 2.05) is 6.20 Å². The Morgan fingerprint density at radius 1 is 1.11 bits per heavy atom. The van der Waals surface area contributed by atoms with Gasteiger partial charge < -0.3 is 4.98 Å². The summed E-state index contributed by atoms with van der Waals surface area (Å²) in [4.78, 5) is 7.37. The van der Waals surface area contributed by atoms with E-state index in [1.165, 1.54) is 11.1 Å². The van der Waals surface area contributed by atoms with E-state index in [0.717, 1.165) is 22.6 Å². The molecule has 18 heavy (non-hydrogen) atoms. The third kappa shape index (κ3) is 1.72. The van der Waals surface area contributed by atoms with Gasteiger partial charge in [0.25, 0.3) is 0 Å². The van der Waals surface area contributed by atoms with Gasteiger partial charge in [-0.1, -0.05) is 12.1 Å². The van der Waals surface area contributed by atoms with Crippen molar-refractivity contribution in [3.8, 4) is 22.6 Å². The van der Waals surface area contributed by atoms with Crippen LogP contribution in [0.2, 0.25) is 0 Å². The van der Waals surface area contributed by atoms with Gasteiger partial charge in [0.05, 0.1) is 17.5 Å². The lowest BCUT2D eigenvalue weighted by atomic mass is 10.0. The molecule has 3 aromatic rings. The van der Waals surface area contributed by atoms with Crippen LogP contribution in [-0.4, -0.2) is 20.2 Å². The molecule has 0 radical (unpaired) electrons. The van der Waals surface area contributed by atoms with Gasteiger partial charge in [-0.05, 0) is 31.0 Å². The molecule has 0 amide bonds. The highest BCUT2D eigenvalue weighted by Crippen LogP contribution is 2.28. The molecule has 0 aliphatic carbocycles. The third-order valence-electron chi connectivity index (χ3n) is 3.19. The molecule has 0 aliphatic rings. The van der Waals surface area contributed by atoms with E-state index in [1.54, 1.807) is 12.4 Å². The zero-order chi connectivity index (χ0) is 12.5. The molecule has 90 valence electrons. The smallest absolute Gasteiger partial charge is 0.141 e. The monoisotopic (exact) mass is 238 g/mol. The number of nitrogens with one attached hydrogen (secondary N) is 2. The molecule has 0 fully saturated rings. The Kier molecular flexibility index (Phi) is 2.48. The average Bonchev–Trinajstić information content (AvgIpc) is 3.00. The Hall–Kier alpha value is -2.36. The molecular formula is C14H14N4. The summed E-state index contributed by atoms with van der Waals surface area (Å²) < 4.78 is 0. The van der Waals surface area contributed by atoms with Crippen molar-refractivity contribution in [3.63, 3.8) is 0 Å². The van der Waals surface area contributed by atoms with Crippen LogP contribution in [-0.2, 0) is 0 Å². The van der Waals surface area contributed by atoms with E-state index in [2.05, 4.69) is 52.2 Å². The van der Waals surface area contributed by atoms with Crippen molar-refractivity contribution in [1.82, 2.24) is 20.2 Å². The minimum absolute atomic E-state index is 0.831. The zero-order valence-electron chi connectivity index (χ0n) is 10.4. The lowest BCUT2D eigenvalue weighted by Gasteiger charge is -2.05. The van der Waals surface area contributed by atoms with E-state index in [0.29, 0.717) is 0 Å². The standard InChI is InChI=1S/C14H14N4/c1-9-3-4-11(7-10(9)2)13-12(8-17-18-13)14-15-5-6-16-14/h3-8H,1-2H3,(H,15,16)(H,17,18). The molecule has 4 nitrogen and oxygen atoms in total. The largest absolute Gasteiger partial charge is 0.345 e. The van der Waals surface area contributed by atoms with E-state index < -0.39 is 0 Å². The summed E-state index contributed by atoms with van der Waals surface area (Å²) in [6, 6.07) is 6.38. The fourth-order valence-electron chi connectivity index (χ4n) is 2.00. The maximum atomic E-state index is 4.27. The van der Waals surface area contributed by atoms with Crippen molar-refractivity contribution < 1.29 is 0 Å².